The van der Waals surface area contributed by atoms with E-state index in [1.807, 2.05) is 31.2 Å². The van der Waals surface area contributed by atoms with Crippen molar-refractivity contribution in [1.29, 1.82) is 0 Å². The summed E-state index contributed by atoms with van der Waals surface area (Å²) in [6, 6.07) is 9.20. The van der Waals surface area contributed by atoms with Gasteiger partial charge in [-0.15, -0.1) is 11.3 Å². The number of carbonyl (C=O) groups is 1. The second-order valence-electron chi connectivity index (χ2n) is 5.29. The zero-order valence-corrected chi connectivity index (χ0v) is 14.8. The van der Waals surface area contributed by atoms with E-state index in [2.05, 4.69) is 15.0 Å². The standard InChI is InChI=1S/C17H15ClN4OS/c1-11-14(24-16(21-11)15-19-8-3-9-20-15)17(23)22(2)10-12-4-6-13(18)7-5-12/h3-9H,10H2,1-2H3. The van der Waals surface area contributed by atoms with Gasteiger partial charge in [0.15, 0.2) is 10.8 Å². The van der Waals surface area contributed by atoms with E-state index in [-0.39, 0.29) is 5.91 Å². The van der Waals surface area contributed by atoms with E-state index in [9.17, 15) is 4.79 Å². The minimum atomic E-state index is -0.0675. The van der Waals surface area contributed by atoms with Gasteiger partial charge in [0.25, 0.3) is 5.91 Å². The molecule has 0 aliphatic carbocycles. The summed E-state index contributed by atoms with van der Waals surface area (Å²) in [4.78, 5) is 27.8. The van der Waals surface area contributed by atoms with Gasteiger partial charge in [0.2, 0.25) is 0 Å². The van der Waals surface area contributed by atoms with Crippen LogP contribution in [0.5, 0.6) is 0 Å². The molecule has 122 valence electrons. The Balaban J connectivity index is 1.79. The minimum Gasteiger partial charge on any atom is -0.337 e. The fourth-order valence-corrected chi connectivity index (χ4v) is 3.34. The normalized spacial score (nSPS) is 10.6. The van der Waals surface area contributed by atoms with Crippen molar-refractivity contribution < 1.29 is 4.79 Å². The Morgan fingerprint density at radius 3 is 2.54 bits per heavy atom. The third-order valence-corrected chi connectivity index (χ3v) is 4.82. The molecule has 0 aliphatic rings. The van der Waals surface area contributed by atoms with Crippen molar-refractivity contribution in [3.8, 4) is 10.8 Å². The average Bonchev–Trinajstić information content (AvgIpc) is 2.99. The molecule has 0 saturated carbocycles. The quantitative estimate of drug-likeness (QED) is 0.711. The van der Waals surface area contributed by atoms with Crippen molar-refractivity contribution >= 4 is 28.8 Å². The molecular formula is C17H15ClN4OS. The molecule has 0 spiro atoms. The Hall–Kier alpha value is -2.31. The van der Waals surface area contributed by atoms with Crippen molar-refractivity contribution in [2.24, 2.45) is 0 Å². The number of carbonyl (C=O) groups excluding carboxylic acids is 1. The molecule has 3 aromatic rings. The van der Waals surface area contributed by atoms with Crippen molar-refractivity contribution in [2.45, 2.75) is 13.5 Å². The summed E-state index contributed by atoms with van der Waals surface area (Å²) < 4.78 is 0. The summed E-state index contributed by atoms with van der Waals surface area (Å²) >= 11 is 7.20. The Bertz CT molecular complexity index is 849. The van der Waals surface area contributed by atoms with Crippen molar-refractivity contribution in [1.82, 2.24) is 19.9 Å². The highest BCUT2D eigenvalue weighted by atomic mass is 35.5. The minimum absolute atomic E-state index is 0.0675. The number of aromatic nitrogens is 3. The lowest BCUT2D eigenvalue weighted by atomic mass is 10.2. The van der Waals surface area contributed by atoms with Gasteiger partial charge in [-0.2, -0.15) is 0 Å². The van der Waals surface area contributed by atoms with E-state index in [1.54, 1.807) is 30.4 Å². The third kappa shape index (κ3) is 3.60. The molecule has 0 aliphatic heterocycles. The number of thiazole rings is 1. The van der Waals surface area contributed by atoms with Gasteiger partial charge in [-0.3, -0.25) is 4.79 Å². The van der Waals surface area contributed by atoms with Crippen LogP contribution in [0, 0.1) is 6.92 Å². The third-order valence-electron chi connectivity index (χ3n) is 3.43. The highest BCUT2D eigenvalue weighted by Crippen LogP contribution is 2.26. The van der Waals surface area contributed by atoms with Crippen LogP contribution < -0.4 is 0 Å². The summed E-state index contributed by atoms with van der Waals surface area (Å²) in [5, 5.41) is 1.33. The van der Waals surface area contributed by atoms with Gasteiger partial charge >= 0.3 is 0 Å². The van der Waals surface area contributed by atoms with Crippen LogP contribution in [0.3, 0.4) is 0 Å². The van der Waals surface area contributed by atoms with Crippen molar-refractivity contribution in [2.75, 3.05) is 7.05 Å². The molecule has 3 rings (SSSR count). The molecule has 0 atom stereocenters. The van der Waals surface area contributed by atoms with Crippen LogP contribution in [0.2, 0.25) is 5.02 Å². The highest BCUT2D eigenvalue weighted by Gasteiger charge is 2.20. The lowest BCUT2D eigenvalue weighted by molar-refractivity contribution is 0.0789. The molecule has 0 radical (unpaired) electrons. The molecule has 2 heterocycles. The number of hydrogen-bond acceptors (Lipinski definition) is 5. The predicted octanol–water partition coefficient (Wildman–Crippen LogP) is 3.83. The Morgan fingerprint density at radius 1 is 1.21 bits per heavy atom. The first-order valence-corrected chi connectivity index (χ1v) is 8.49. The number of amides is 1. The second-order valence-corrected chi connectivity index (χ2v) is 6.73. The molecule has 1 amide bonds. The van der Waals surface area contributed by atoms with Gasteiger partial charge in [0.05, 0.1) is 5.69 Å². The Kier molecular flexibility index (Phi) is 4.87. The summed E-state index contributed by atoms with van der Waals surface area (Å²) in [6.07, 6.45) is 3.32. The number of halogens is 1. The van der Waals surface area contributed by atoms with Gasteiger partial charge in [-0.05, 0) is 30.7 Å². The summed E-state index contributed by atoms with van der Waals surface area (Å²) in [5.41, 5.74) is 1.71. The largest absolute Gasteiger partial charge is 0.337 e. The van der Waals surface area contributed by atoms with Crippen LogP contribution in [0.15, 0.2) is 42.7 Å². The van der Waals surface area contributed by atoms with E-state index in [0.717, 1.165) is 5.56 Å². The summed E-state index contributed by atoms with van der Waals surface area (Å²) in [7, 11) is 1.77. The second kappa shape index (κ2) is 7.07. The molecule has 0 saturated heterocycles. The highest BCUT2D eigenvalue weighted by molar-refractivity contribution is 7.17. The van der Waals surface area contributed by atoms with Gasteiger partial charge in [-0.25, -0.2) is 15.0 Å². The fraction of sp³-hybridized carbons (Fsp3) is 0.176. The van der Waals surface area contributed by atoms with Crippen LogP contribution in [0.1, 0.15) is 20.9 Å². The molecule has 5 nitrogen and oxygen atoms in total. The van der Waals surface area contributed by atoms with E-state index < -0.39 is 0 Å². The lowest BCUT2D eigenvalue weighted by Gasteiger charge is -2.16. The number of hydrogen-bond donors (Lipinski definition) is 0. The maximum Gasteiger partial charge on any atom is 0.265 e. The Labute approximate surface area is 149 Å². The average molecular weight is 359 g/mol. The van der Waals surface area contributed by atoms with Gasteiger partial charge < -0.3 is 4.90 Å². The summed E-state index contributed by atoms with van der Waals surface area (Å²) in [5.74, 6) is 0.465. The SMILES string of the molecule is Cc1nc(-c2ncccn2)sc1C(=O)N(C)Cc1ccc(Cl)cc1. The molecule has 0 N–H and O–H groups in total. The molecular weight excluding hydrogens is 344 g/mol. The van der Waals surface area contributed by atoms with Crippen LogP contribution in [-0.2, 0) is 6.54 Å². The van der Waals surface area contributed by atoms with E-state index in [1.165, 1.54) is 11.3 Å². The van der Waals surface area contributed by atoms with E-state index in [4.69, 9.17) is 11.6 Å². The smallest absolute Gasteiger partial charge is 0.265 e. The van der Waals surface area contributed by atoms with E-state index in [0.29, 0.717) is 33.0 Å². The van der Waals surface area contributed by atoms with Crippen LogP contribution >= 0.6 is 22.9 Å². The number of aryl methyl sites for hydroxylation is 1. The lowest BCUT2D eigenvalue weighted by Crippen LogP contribution is -2.26. The van der Waals surface area contributed by atoms with E-state index >= 15 is 0 Å². The van der Waals surface area contributed by atoms with Gasteiger partial charge in [0.1, 0.15) is 4.88 Å². The van der Waals surface area contributed by atoms with Crippen LogP contribution in [0.4, 0.5) is 0 Å². The first kappa shape index (κ1) is 16.5. The zero-order valence-electron chi connectivity index (χ0n) is 13.2. The first-order valence-electron chi connectivity index (χ1n) is 7.29. The van der Waals surface area contributed by atoms with Crippen molar-refractivity contribution in [3.05, 3.63) is 63.9 Å². The maximum absolute atomic E-state index is 12.7. The zero-order chi connectivity index (χ0) is 17.1. The predicted molar refractivity (Wildman–Crippen MR) is 95.1 cm³/mol. The number of benzene rings is 1. The summed E-state index contributed by atoms with van der Waals surface area (Å²) in [6.45, 7) is 2.33. The molecule has 2 aromatic heterocycles. The van der Waals surface area contributed by atoms with Gasteiger partial charge in [0, 0.05) is 31.0 Å². The van der Waals surface area contributed by atoms with Crippen molar-refractivity contribution in [3.63, 3.8) is 0 Å². The fourth-order valence-electron chi connectivity index (χ4n) is 2.21. The number of rotatable bonds is 4. The molecule has 7 heteroatoms. The maximum atomic E-state index is 12.7. The molecule has 24 heavy (non-hydrogen) atoms. The molecule has 0 unspecified atom stereocenters. The monoisotopic (exact) mass is 358 g/mol. The molecule has 1 aromatic carbocycles. The topological polar surface area (TPSA) is 59.0 Å². The van der Waals surface area contributed by atoms with Crippen LogP contribution in [0.25, 0.3) is 10.8 Å². The molecule has 0 bridgehead atoms. The first-order chi connectivity index (χ1) is 11.5. The van der Waals surface area contributed by atoms with Crippen LogP contribution in [-0.4, -0.2) is 32.8 Å². The number of nitrogens with zero attached hydrogens (tertiary/aromatic N) is 4. The Morgan fingerprint density at radius 2 is 1.88 bits per heavy atom. The van der Waals surface area contributed by atoms with Gasteiger partial charge in [-0.1, -0.05) is 23.7 Å². The molecule has 0 fully saturated rings.